The van der Waals surface area contributed by atoms with Crippen molar-refractivity contribution in [3.8, 4) is 17.4 Å². The lowest BCUT2D eigenvalue weighted by molar-refractivity contribution is 0.170. The highest BCUT2D eigenvalue weighted by atomic mass is 79.9. The van der Waals surface area contributed by atoms with Gasteiger partial charge in [-0.15, -0.1) is 0 Å². The zero-order valence-electron chi connectivity index (χ0n) is 11.6. The van der Waals surface area contributed by atoms with E-state index in [2.05, 4.69) is 26.2 Å². The van der Waals surface area contributed by atoms with Crippen LogP contribution in [0.2, 0.25) is 0 Å². The maximum absolute atomic E-state index is 5.62. The Morgan fingerprint density at radius 2 is 2.19 bits per heavy atom. The highest BCUT2D eigenvalue weighted by Crippen LogP contribution is 2.38. The number of anilines is 1. The highest BCUT2D eigenvalue weighted by Gasteiger charge is 2.16. The molecule has 1 aliphatic heterocycles. The number of fused-ring (bicyclic) bond motifs is 1. The second-order valence-electron chi connectivity index (χ2n) is 4.52. The van der Waals surface area contributed by atoms with Crippen LogP contribution in [0, 0.1) is 0 Å². The van der Waals surface area contributed by atoms with Crippen molar-refractivity contribution in [3.63, 3.8) is 0 Å². The number of hydrogen-bond donors (Lipinski definition) is 1. The Morgan fingerprint density at radius 1 is 1.33 bits per heavy atom. The Kier molecular flexibility index (Phi) is 4.15. The number of methoxy groups -OCH3 is 1. The van der Waals surface area contributed by atoms with Crippen molar-refractivity contribution >= 4 is 21.6 Å². The lowest BCUT2D eigenvalue weighted by Crippen LogP contribution is -2.16. The largest absolute Gasteiger partial charge is 0.486 e. The minimum atomic E-state index is 0.576. The van der Waals surface area contributed by atoms with Crippen LogP contribution >= 0.6 is 15.9 Å². The summed E-state index contributed by atoms with van der Waals surface area (Å²) in [5.41, 5.74) is 1.93. The Balaban J connectivity index is 1.78. The SMILES string of the molecule is COc1ncccc1NCc1cc(Br)c2c(c1)OCCO2. The third kappa shape index (κ3) is 3.05. The van der Waals surface area contributed by atoms with E-state index >= 15 is 0 Å². The standard InChI is InChI=1S/C15H15BrN2O3/c1-19-15-12(3-2-4-17-15)18-9-10-7-11(16)14-13(8-10)20-5-6-21-14/h2-4,7-8,18H,5-6,9H2,1H3. The van der Waals surface area contributed by atoms with E-state index in [0.717, 1.165) is 27.2 Å². The minimum Gasteiger partial charge on any atom is -0.486 e. The van der Waals surface area contributed by atoms with E-state index in [0.29, 0.717) is 25.6 Å². The zero-order chi connectivity index (χ0) is 14.7. The average Bonchev–Trinajstić information content (AvgIpc) is 2.53. The number of rotatable bonds is 4. The summed E-state index contributed by atoms with van der Waals surface area (Å²) in [6.45, 7) is 1.79. The van der Waals surface area contributed by atoms with Crippen molar-refractivity contribution in [3.05, 3.63) is 40.5 Å². The zero-order valence-corrected chi connectivity index (χ0v) is 13.1. The summed E-state index contributed by atoms with van der Waals surface area (Å²) in [7, 11) is 1.61. The molecule has 2 heterocycles. The van der Waals surface area contributed by atoms with Crippen LogP contribution in [0.1, 0.15) is 5.56 Å². The van der Waals surface area contributed by atoms with Gasteiger partial charge in [-0.3, -0.25) is 0 Å². The summed E-state index contributed by atoms with van der Waals surface area (Å²) in [5.74, 6) is 2.11. The van der Waals surface area contributed by atoms with Gasteiger partial charge in [0.15, 0.2) is 11.5 Å². The molecule has 2 aromatic rings. The minimum absolute atomic E-state index is 0.576. The van der Waals surface area contributed by atoms with Crippen molar-refractivity contribution < 1.29 is 14.2 Å². The summed E-state index contributed by atoms with van der Waals surface area (Å²) in [4.78, 5) is 4.16. The number of halogens is 1. The molecule has 110 valence electrons. The second-order valence-corrected chi connectivity index (χ2v) is 5.37. The lowest BCUT2D eigenvalue weighted by atomic mass is 10.2. The molecule has 0 saturated heterocycles. The molecular weight excluding hydrogens is 336 g/mol. The molecule has 3 rings (SSSR count). The van der Waals surface area contributed by atoms with Gasteiger partial charge in [0, 0.05) is 12.7 Å². The smallest absolute Gasteiger partial charge is 0.237 e. The number of hydrogen-bond acceptors (Lipinski definition) is 5. The van der Waals surface area contributed by atoms with Gasteiger partial charge in [-0.05, 0) is 45.8 Å². The van der Waals surface area contributed by atoms with E-state index < -0.39 is 0 Å². The molecule has 0 bridgehead atoms. The molecule has 1 aliphatic rings. The number of nitrogens with zero attached hydrogens (tertiary/aromatic N) is 1. The molecule has 0 unspecified atom stereocenters. The summed E-state index contributed by atoms with van der Waals surface area (Å²) < 4.78 is 17.3. The van der Waals surface area contributed by atoms with Gasteiger partial charge in [0.1, 0.15) is 13.2 Å². The Labute approximate surface area is 131 Å². The van der Waals surface area contributed by atoms with Crippen molar-refractivity contribution in [1.29, 1.82) is 0 Å². The summed E-state index contributed by atoms with van der Waals surface area (Å²) >= 11 is 3.52. The fraction of sp³-hybridized carbons (Fsp3) is 0.267. The molecule has 0 aliphatic carbocycles. The number of ether oxygens (including phenoxy) is 3. The van der Waals surface area contributed by atoms with Gasteiger partial charge in [-0.1, -0.05) is 0 Å². The fourth-order valence-electron chi connectivity index (χ4n) is 2.15. The van der Waals surface area contributed by atoms with Crippen molar-refractivity contribution in [2.45, 2.75) is 6.54 Å². The van der Waals surface area contributed by atoms with Gasteiger partial charge in [-0.25, -0.2) is 4.98 Å². The Morgan fingerprint density at radius 3 is 3.05 bits per heavy atom. The quantitative estimate of drug-likeness (QED) is 0.917. The first-order valence-electron chi connectivity index (χ1n) is 6.59. The van der Waals surface area contributed by atoms with Crippen LogP contribution in [-0.2, 0) is 6.54 Å². The molecule has 6 heteroatoms. The van der Waals surface area contributed by atoms with Crippen LogP contribution in [-0.4, -0.2) is 25.3 Å². The predicted octanol–water partition coefficient (Wildman–Crippen LogP) is 3.24. The van der Waals surface area contributed by atoms with E-state index in [-0.39, 0.29) is 0 Å². The van der Waals surface area contributed by atoms with Gasteiger partial charge in [0.05, 0.1) is 17.3 Å². The van der Waals surface area contributed by atoms with Crippen LogP contribution in [0.25, 0.3) is 0 Å². The third-order valence-electron chi connectivity index (χ3n) is 3.10. The van der Waals surface area contributed by atoms with E-state index in [9.17, 15) is 0 Å². The highest BCUT2D eigenvalue weighted by molar-refractivity contribution is 9.10. The van der Waals surface area contributed by atoms with E-state index in [1.54, 1.807) is 13.3 Å². The lowest BCUT2D eigenvalue weighted by Gasteiger charge is -2.20. The molecule has 0 saturated carbocycles. The molecule has 0 radical (unpaired) electrons. The molecule has 0 amide bonds. The number of benzene rings is 1. The molecule has 5 nitrogen and oxygen atoms in total. The second kappa shape index (κ2) is 6.22. The topological polar surface area (TPSA) is 52.6 Å². The van der Waals surface area contributed by atoms with Gasteiger partial charge in [-0.2, -0.15) is 0 Å². The van der Waals surface area contributed by atoms with Crippen LogP contribution in [0.5, 0.6) is 17.4 Å². The molecular formula is C15H15BrN2O3. The number of pyridine rings is 1. The molecule has 1 N–H and O–H groups in total. The van der Waals surface area contributed by atoms with E-state index in [1.165, 1.54) is 0 Å². The first-order valence-corrected chi connectivity index (χ1v) is 7.38. The monoisotopic (exact) mass is 350 g/mol. The number of nitrogens with one attached hydrogen (secondary N) is 1. The van der Waals surface area contributed by atoms with E-state index in [4.69, 9.17) is 14.2 Å². The molecule has 0 fully saturated rings. The molecule has 0 spiro atoms. The fourth-order valence-corrected chi connectivity index (χ4v) is 2.76. The third-order valence-corrected chi connectivity index (χ3v) is 3.69. The normalized spacial score (nSPS) is 12.9. The first-order chi connectivity index (χ1) is 10.3. The van der Waals surface area contributed by atoms with E-state index in [1.807, 2.05) is 24.3 Å². The maximum Gasteiger partial charge on any atom is 0.237 e. The first kappa shape index (κ1) is 14.0. The summed E-state index contributed by atoms with van der Waals surface area (Å²) in [6, 6.07) is 7.79. The van der Waals surface area contributed by atoms with Gasteiger partial charge >= 0.3 is 0 Å². The van der Waals surface area contributed by atoms with Crippen molar-refractivity contribution in [2.75, 3.05) is 25.6 Å². The summed E-state index contributed by atoms with van der Waals surface area (Å²) in [6.07, 6.45) is 1.70. The van der Waals surface area contributed by atoms with Crippen LogP contribution in [0.15, 0.2) is 34.9 Å². The average molecular weight is 351 g/mol. The van der Waals surface area contributed by atoms with Gasteiger partial charge in [0.25, 0.3) is 0 Å². The van der Waals surface area contributed by atoms with Crippen molar-refractivity contribution in [1.82, 2.24) is 4.98 Å². The number of aromatic nitrogens is 1. The maximum atomic E-state index is 5.62. The predicted molar refractivity (Wildman–Crippen MR) is 83.2 cm³/mol. The van der Waals surface area contributed by atoms with Crippen LogP contribution < -0.4 is 19.5 Å². The Bertz CT molecular complexity index is 649. The van der Waals surface area contributed by atoms with Gasteiger partial charge < -0.3 is 19.5 Å². The van der Waals surface area contributed by atoms with Crippen LogP contribution in [0.3, 0.4) is 0 Å². The summed E-state index contributed by atoms with van der Waals surface area (Å²) in [5, 5.41) is 3.31. The van der Waals surface area contributed by atoms with Crippen molar-refractivity contribution in [2.24, 2.45) is 0 Å². The molecule has 1 aromatic heterocycles. The Hall–Kier alpha value is -1.95. The molecule has 1 aromatic carbocycles. The molecule has 0 atom stereocenters. The van der Waals surface area contributed by atoms with Crippen LogP contribution in [0.4, 0.5) is 5.69 Å². The van der Waals surface area contributed by atoms with Gasteiger partial charge in [0.2, 0.25) is 5.88 Å². The molecule has 21 heavy (non-hydrogen) atoms.